The van der Waals surface area contributed by atoms with Crippen LogP contribution in [-0.2, 0) is 0 Å². The number of hydrogen-bond acceptors (Lipinski definition) is 4. The molecule has 132 valence electrons. The molecule has 0 saturated carbocycles. The molecule has 0 unspecified atom stereocenters. The van der Waals surface area contributed by atoms with Gasteiger partial charge in [0.25, 0.3) is 0 Å². The minimum atomic E-state index is -0.750. The number of nitrogens with zero attached hydrogens (tertiary/aromatic N) is 5. The van der Waals surface area contributed by atoms with Gasteiger partial charge in [-0.2, -0.15) is 0 Å². The molecule has 1 atom stereocenters. The fourth-order valence-electron chi connectivity index (χ4n) is 3.03. The summed E-state index contributed by atoms with van der Waals surface area (Å²) in [6.45, 7) is 3.51. The van der Waals surface area contributed by atoms with Crippen LogP contribution in [0.5, 0.6) is 0 Å². The van der Waals surface area contributed by atoms with Crippen LogP contribution in [0.2, 0.25) is 10.2 Å². The zero-order valence-electron chi connectivity index (χ0n) is 13.6. The number of hydrogen-bond donors (Lipinski definition) is 0. The van der Waals surface area contributed by atoms with Crippen molar-refractivity contribution < 1.29 is 8.78 Å². The van der Waals surface area contributed by atoms with E-state index in [4.69, 9.17) is 23.2 Å². The van der Waals surface area contributed by atoms with Crippen LogP contribution in [0.4, 0.5) is 8.78 Å². The van der Waals surface area contributed by atoms with Crippen molar-refractivity contribution in [3.63, 3.8) is 0 Å². The molecule has 0 radical (unpaired) electrons. The molecule has 0 aliphatic carbocycles. The Bertz CT molecular complexity index is 1060. The van der Waals surface area contributed by atoms with Gasteiger partial charge in [0.15, 0.2) is 5.82 Å². The number of aryl methyl sites for hydroxylation is 1. The molecule has 0 amide bonds. The van der Waals surface area contributed by atoms with Crippen molar-refractivity contribution in [2.45, 2.75) is 19.9 Å². The van der Waals surface area contributed by atoms with Crippen LogP contribution >= 0.6 is 23.2 Å². The van der Waals surface area contributed by atoms with Crippen LogP contribution in [-0.4, -0.2) is 25.5 Å². The Morgan fingerprint density at radius 1 is 1.08 bits per heavy atom. The van der Waals surface area contributed by atoms with E-state index in [0.29, 0.717) is 17.3 Å². The Hall–Kier alpha value is -2.38. The maximum atomic E-state index is 14.5. The van der Waals surface area contributed by atoms with Crippen molar-refractivity contribution in [1.29, 1.82) is 0 Å². The van der Waals surface area contributed by atoms with Gasteiger partial charge in [0.2, 0.25) is 0 Å². The third-order valence-corrected chi connectivity index (χ3v) is 4.93. The third-order valence-electron chi connectivity index (χ3n) is 4.18. The van der Waals surface area contributed by atoms with Gasteiger partial charge in [-0.25, -0.2) is 13.8 Å². The van der Waals surface area contributed by atoms with Gasteiger partial charge in [-0.05, 0) is 26.0 Å². The molecule has 9 heteroatoms. The largest absolute Gasteiger partial charge is 0.279 e. The lowest BCUT2D eigenvalue weighted by atomic mass is 10.0. The molecule has 1 aromatic carbocycles. The molecule has 1 aliphatic heterocycles. The first-order chi connectivity index (χ1) is 12.4. The Morgan fingerprint density at radius 2 is 1.77 bits per heavy atom. The van der Waals surface area contributed by atoms with Gasteiger partial charge >= 0.3 is 0 Å². The van der Waals surface area contributed by atoms with E-state index in [-0.39, 0.29) is 27.0 Å². The fraction of sp³-hybridized carbons (Fsp3) is 0.176. The van der Waals surface area contributed by atoms with Crippen molar-refractivity contribution in [2.75, 3.05) is 0 Å². The maximum absolute atomic E-state index is 14.5. The highest BCUT2D eigenvalue weighted by molar-refractivity contribution is 6.44. The summed E-state index contributed by atoms with van der Waals surface area (Å²) in [4.78, 5) is 8.57. The lowest BCUT2D eigenvalue weighted by molar-refractivity contribution is 0.578. The molecular formula is C17H11Cl2F2N5. The number of pyridine rings is 1. The van der Waals surface area contributed by atoms with Gasteiger partial charge in [0.05, 0.1) is 28.2 Å². The molecular weight excluding hydrogens is 383 g/mol. The van der Waals surface area contributed by atoms with Crippen LogP contribution in [0.1, 0.15) is 35.7 Å². The van der Waals surface area contributed by atoms with Crippen LogP contribution in [0.3, 0.4) is 0 Å². The molecule has 3 heterocycles. The van der Waals surface area contributed by atoms with E-state index in [0.717, 1.165) is 12.1 Å². The van der Waals surface area contributed by atoms with E-state index in [9.17, 15) is 8.78 Å². The lowest BCUT2D eigenvalue weighted by Crippen LogP contribution is -2.13. The molecule has 3 aromatic rings. The number of fused-ring (bicyclic) bond motifs is 3. The molecule has 0 bridgehead atoms. The smallest absolute Gasteiger partial charge is 0.162 e. The van der Waals surface area contributed by atoms with E-state index in [1.165, 1.54) is 12.3 Å². The highest BCUT2D eigenvalue weighted by Crippen LogP contribution is 2.37. The minimum Gasteiger partial charge on any atom is -0.279 e. The van der Waals surface area contributed by atoms with E-state index >= 15 is 0 Å². The summed E-state index contributed by atoms with van der Waals surface area (Å²) >= 11 is 12.5. The van der Waals surface area contributed by atoms with Crippen molar-refractivity contribution in [3.05, 3.63) is 69.0 Å². The summed E-state index contributed by atoms with van der Waals surface area (Å²) in [6, 6.07) is 3.10. The summed E-state index contributed by atoms with van der Waals surface area (Å²) in [6.07, 6.45) is 1.47. The Kier molecular flexibility index (Phi) is 4.00. The van der Waals surface area contributed by atoms with E-state index in [1.54, 1.807) is 18.4 Å². The first kappa shape index (κ1) is 17.1. The lowest BCUT2D eigenvalue weighted by Gasteiger charge is -2.15. The zero-order chi connectivity index (χ0) is 18.6. The molecule has 2 aromatic heterocycles. The highest BCUT2D eigenvalue weighted by atomic mass is 35.5. The van der Waals surface area contributed by atoms with Crippen molar-refractivity contribution in [2.24, 2.45) is 4.99 Å². The summed E-state index contributed by atoms with van der Waals surface area (Å²) in [7, 11) is 0. The second-order valence-electron chi connectivity index (χ2n) is 5.81. The van der Waals surface area contributed by atoms with Crippen LogP contribution in [0.25, 0.3) is 5.69 Å². The van der Waals surface area contributed by atoms with E-state index < -0.39 is 17.7 Å². The predicted octanol–water partition coefficient (Wildman–Crippen LogP) is 4.47. The second kappa shape index (κ2) is 6.10. The van der Waals surface area contributed by atoms with Crippen molar-refractivity contribution in [1.82, 2.24) is 19.7 Å². The number of halogens is 4. The average molecular weight is 394 g/mol. The number of benzene rings is 1. The zero-order valence-corrected chi connectivity index (χ0v) is 15.1. The summed E-state index contributed by atoms with van der Waals surface area (Å²) in [5.41, 5.74) is 0.523. The minimum absolute atomic E-state index is 0.0108. The molecule has 0 spiro atoms. The monoisotopic (exact) mass is 393 g/mol. The Morgan fingerprint density at radius 3 is 2.46 bits per heavy atom. The molecule has 0 fully saturated rings. The molecule has 26 heavy (non-hydrogen) atoms. The van der Waals surface area contributed by atoms with Gasteiger partial charge in [-0.3, -0.25) is 9.56 Å². The van der Waals surface area contributed by atoms with Crippen LogP contribution in [0, 0.1) is 18.6 Å². The summed E-state index contributed by atoms with van der Waals surface area (Å²) in [5.74, 6) is -0.421. The summed E-state index contributed by atoms with van der Waals surface area (Å²) in [5, 5.41) is 8.27. The predicted molar refractivity (Wildman–Crippen MR) is 94.3 cm³/mol. The molecule has 5 nitrogen and oxygen atoms in total. The first-order valence-corrected chi connectivity index (χ1v) is 8.44. The van der Waals surface area contributed by atoms with Crippen LogP contribution in [0.15, 0.2) is 29.4 Å². The van der Waals surface area contributed by atoms with Crippen molar-refractivity contribution >= 4 is 28.9 Å². The SMILES string of the molecule is Cc1nnc2n1-c1cnc(Cl)c(Cl)c1C(c1c(F)cccc1F)=N[C@H]2C. The fourth-order valence-corrected chi connectivity index (χ4v) is 3.40. The highest BCUT2D eigenvalue weighted by Gasteiger charge is 2.31. The molecule has 4 rings (SSSR count). The maximum Gasteiger partial charge on any atom is 0.162 e. The number of rotatable bonds is 1. The first-order valence-electron chi connectivity index (χ1n) is 7.69. The normalized spacial score (nSPS) is 15.9. The van der Waals surface area contributed by atoms with Gasteiger partial charge in [-0.1, -0.05) is 29.3 Å². The standard InChI is InChI=1S/C17H11Cl2F2N5/c1-7-17-25-24-8(2)26(17)11-6-22-16(19)14(18)13(11)15(23-7)12-9(20)4-3-5-10(12)21/h3-7H,1-2H3/t7-/m0/s1. The Balaban J connectivity index is 2.14. The molecule has 1 aliphatic rings. The quantitative estimate of drug-likeness (QED) is 0.573. The van der Waals surface area contributed by atoms with Gasteiger partial charge in [0.1, 0.15) is 28.7 Å². The van der Waals surface area contributed by atoms with E-state index in [2.05, 4.69) is 20.2 Å². The van der Waals surface area contributed by atoms with Gasteiger partial charge in [0, 0.05) is 5.56 Å². The number of aliphatic imine (C=N–C) groups is 1. The van der Waals surface area contributed by atoms with E-state index in [1.807, 2.05) is 0 Å². The second-order valence-corrected chi connectivity index (χ2v) is 6.55. The molecule has 0 N–H and O–H groups in total. The summed E-state index contributed by atoms with van der Waals surface area (Å²) < 4.78 is 30.7. The van der Waals surface area contributed by atoms with Crippen molar-refractivity contribution in [3.8, 4) is 5.69 Å². The van der Waals surface area contributed by atoms with Gasteiger partial charge < -0.3 is 0 Å². The van der Waals surface area contributed by atoms with Crippen LogP contribution < -0.4 is 0 Å². The third kappa shape index (κ3) is 2.42. The Labute approximate surface area is 157 Å². The topological polar surface area (TPSA) is 56.0 Å². The number of aromatic nitrogens is 4. The molecule has 0 saturated heterocycles. The average Bonchev–Trinajstić information content (AvgIpc) is 2.92. The van der Waals surface area contributed by atoms with Gasteiger partial charge in [-0.15, -0.1) is 10.2 Å².